The Bertz CT molecular complexity index is 1020. The van der Waals surface area contributed by atoms with Crippen molar-refractivity contribution in [3.05, 3.63) is 65.2 Å². The average Bonchev–Trinajstić information content (AvgIpc) is 3.23. The highest BCUT2D eigenvalue weighted by Gasteiger charge is 2.09. The van der Waals surface area contributed by atoms with Crippen LogP contribution in [0, 0.1) is 6.92 Å². The number of nitrogens with zero attached hydrogens (tertiary/aromatic N) is 3. The van der Waals surface area contributed by atoms with E-state index in [2.05, 4.69) is 51.9 Å². The first kappa shape index (κ1) is 22.3. The van der Waals surface area contributed by atoms with Crippen LogP contribution in [-0.4, -0.2) is 34.7 Å². The van der Waals surface area contributed by atoms with E-state index < -0.39 is 0 Å². The summed E-state index contributed by atoms with van der Waals surface area (Å²) in [6, 6.07) is 16.0. The second kappa shape index (κ2) is 11.1. The van der Waals surface area contributed by atoms with Gasteiger partial charge in [0.1, 0.15) is 5.75 Å². The second-order valence-corrected chi connectivity index (χ2v) is 9.78. The molecule has 1 N–H and O–H groups in total. The molecule has 0 saturated heterocycles. The molecule has 0 fully saturated rings. The van der Waals surface area contributed by atoms with Crippen molar-refractivity contribution >= 4 is 46.5 Å². The lowest BCUT2D eigenvalue weighted by molar-refractivity contribution is -0.118. The normalized spacial score (nSPS) is 11.4. The molecule has 0 unspecified atom stereocenters. The molecular weight excluding hydrogens is 436 g/mol. The van der Waals surface area contributed by atoms with Gasteiger partial charge in [-0.1, -0.05) is 76.8 Å². The SMILES string of the molecule is COc1cccc(C(C)=NNC(=O)CSc2nnc(SCc3ccc(C)cc3)s2)c1. The predicted molar refractivity (Wildman–Crippen MR) is 125 cm³/mol. The number of ether oxygens (including phenoxy) is 1. The molecule has 0 atom stereocenters. The molecule has 9 heteroatoms. The maximum absolute atomic E-state index is 12.1. The van der Waals surface area contributed by atoms with Crippen molar-refractivity contribution in [2.45, 2.75) is 28.3 Å². The number of aryl methyl sites for hydroxylation is 1. The van der Waals surface area contributed by atoms with E-state index in [1.807, 2.05) is 31.2 Å². The zero-order chi connectivity index (χ0) is 21.3. The van der Waals surface area contributed by atoms with Crippen molar-refractivity contribution in [1.29, 1.82) is 0 Å². The van der Waals surface area contributed by atoms with Gasteiger partial charge in [-0.3, -0.25) is 4.79 Å². The van der Waals surface area contributed by atoms with Crippen LogP contribution in [0.25, 0.3) is 0 Å². The molecule has 3 aromatic rings. The predicted octanol–water partition coefficient (Wildman–Crippen LogP) is 4.78. The number of methoxy groups -OCH3 is 1. The standard InChI is InChI=1S/C21H22N4O2S3/c1-14-7-9-16(10-8-14)12-28-20-24-25-21(30-20)29-13-19(26)23-22-15(2)17-5-4-6-18(11-17)27-3/h4-11H,12-13H2,1-3H3,(H,23,26). The van der Waals surface area contributed by atoms with E-state index in [9.17, 15) is 4.79 Å². The lowest BCUT2D eigenvalue weighted by Crippen LogP contribution is -2.21. The van der Waals surface area contributed by atoms with E-state index in [-0.39, 0.29) is 11.7 Å². The van der Waals surface area contributed by atoms with Crippen LogP contribution in [0.15, 0.2) is 62.3 Å². The maximum atomic E-state index is 12.1. The van der Waals surface area contributed by atoms with Crippen molar-refractivity contribution in [2.75, 3.05) is 12.9 Å². The highest BCUT2D eigenvalue weighted by atomic mass is 32.2. The molecule has 30 heavy (non-hydrogen) atoms. The van der Waals surface area contributed by atoms with E-state index in [0.29, 0.717) is 5.71 Å². The Balaban J connectivity index is 1.45. The number of rotatable bonds is 9. The number of nitrogens with one attached hydrogen (secondary N) is 1. The summed E-state index contributed by atoms with van der Waals surface area (Å²) in [4.78, 5) is 12.1. The van der Waals surface area contributed by atoms with Gasteiger partial charge in [0.05, 0.1) is 18.6 Å². The fraction of sp³-hybridized carbons (Fsp3) is 0.238. The fourth-order valence-electron chi connectivity index (χ4n) is 2.36. The van der Waals surface area contributed by atoms with Crippen molar-refractivity contribution < 1.29 is 9.53 Å². The van der Waals surface area contributed by atoms with Gasteiger partial charge in [0.15, 0.2) is 8.68 Å². The third-order valence-electron chi connectivity index (χ3n) is 4.03. The minimum Gasteiger partial charge on any atom is -0.497 e. The first-order chi connectivity index (χ1) is 14.5. The fourth-order valence-corrected chi connectivity index (χ4v) is 5.13. The molecule has 2 aromatic carbocycles. The third kappa shape index (κ3) is 6.86. The molecule has 1 amide bonds. The Morgan fingerprint density at radius 2 is 1.87 bits per heavy atom. The highest BCUT2D eigenvalue weighted by Crippen LogP contribution is 2.30. The molecule has 1 heterocycles. The summed E-state index contributed by atoms with van der Waals surface area (Å²) >= 11 is 4.50. The lowest BCUT2D eigenvalue weighted by Gasteiger charge is -2.04. The number of hydrazone groups is 1. The van der Waals surface area contributed by atoms with Crippen LogP contribution in [0.4, 0.5) is 0 Å². The highest BCUT2D eigenvalue weighted by molar-refractivity contribution is 8.03. The van der Waals surface area contributed by atoms with Crippen LogP contribution in [-0.2, 0) is 10.5 Å². The van der Waals surface area contributed by atoms with Crippen molar-refractivity contribution in [2.24, 2.45) is 5.10 Å². The van der Waals surface area contributed by atoms with Gasteiger partial charge >= 0.3 is 0 Å². The zero-order valence-corrected chi connectivity index (χ0v) is 19.4. The zero-order valence-electron chi connectivity index (χ0n) is 16.9. The summed E-state index contributed by atoms with van der Waals surface area (Å²) in [6.45, 7) is 3.91. The van der Waals surface area contributed by atoms with Gasteiger partial charge in [-0.05, 0) is 31.5 Å². The number of aromatic nitrogens is 2. The quantitative estimate of drug-likeness (QED) is 0.282. The minimum atomic E-state index is -0.189. The van der Waals surface area contributed by atoms with Gasteiger partial charge in [0.2, 0.25) is 0 Å². The summed E-state index contributed by atoms with van der Waals surface area (Å²) in [5.41, 5.74) is 6.68. The largest absolute Gasteiger partial charge is 0.497 e. The lowest BCUT2D eigenvalue weighted by atomic mass is 10.1. The molecule has 6 nitrogen and oxygen atoms in total. The Kier molecular flexibility index (Phi) is 8.30. The van der Waals surface area contributed by atoms with Crippen LogP contribution >= 0.6 is 34.9 Å². The van der Waals surface area contributed by atoms with Gasteiger partial charge in [-0.25, -0.2) is 5.43 Å². The summed E-state index contributed by atoms with van der Waals surface area (Å²) < 4.78 is 6.87. The van der Waals surface area contributed by atoms with Crippen LogP contribution < -0.4 is 10.2 Å². The Morgan fingerprint density at radius 1 is 1.13 bits per heavy atom. The third-order valence-corrected chi connectivity index (χ3v) is 7.29. The summed E-state index contributed by atoms with van der Waals surface area (Å²) in [7, 11) is 1.62. The first-order valence-electron chi connectivity index (χ1n) is 9.15. The van der Waals surface area contributed by atoms with Crippen LogP contribution in [0.1, 0.15) is 23.6 Å². The topological polar surface area (TPSA) is 76.5 Å². The van der Waals surface area contributed by atoms with Crippen LogP contribution in [0.3, 0.4) is 0 Å². The Morgan fingerprint density at radius 3 is 2.60 bits per heavy atom. The number of amides is 1. The van der Waals surface area contributed by atoms with Crippen LogP contribution in [0.2, 0.25) is 0 Å². The smallest absolute Gasteiger partial charge is 0.250 e. The average molecular weight is 459 g/mol. The molecule has 0 aliphatic heterocycles. The number of benzene rings is 2. The minimum absolute atomic E-state index is 0.189. The number of hydrogen-bond acceptors (Lipinski definition) is 8. The molecule has 3 rings (SSSR count). The Hall–Kier alpha value is -2.36. The summed E-state index contributed by atoms with van der Waals surface area (Å²) in [5.74, 6) is 1.63. The Labute approximate surface area is 188 Å². The van der Waals surface area contributed by atoms with Crippen LogP contribution in [0.5, 0.6) is 5.75 Å². The molecule has 156 valence electrons. The number of carbonyl (C=O) groups excluding carboxylic acids is 1. The van der Waals surface area contributed by atoms with Gasteiger partial charge in [0, 0.05) is 11.3 Å². The molecule has 0 spiro atoms. The monoisotopic (exact) mass is 458 g/mol. The van der Waals surface area contributed by atoms with Crippen molar-refractivity contribution in [3.63, 3.8) is 0 Å². The van der Waals surface area contributed by atoms with E-state index in [1.54, 1.807) is 18.9 Å². The number of hydrogen-bond donors (Lipinski definition) is 1. The molecule has 0 bridgehead atoms. The van der Waals surface area contributed by atoms with Gasteiger partial charge in [0.25, 0.3) is 5.91 Å². The molecule has 0 aliphatic rings. The molecule has 1 aromatic heterocycles. The summed E-state index contributed by atoms with van der Waals surface area (Å²) in [6.07, 6.45) is 0. The maximum Gasteiger partial charge on any atom is 0.250 e. The first-order valence-corrected chi connectivity index (χ1v) is 11.9. The van der Waals surface area contributed by atoms with E-state index in [0.717, 1.165) is 25.7 Å². The molecule has 0 radical (unpaired) electrons. The van der Waals surface area contributed by atoms with Gasteiger partial charge in [-0.15, -0.1) is 10.2 Å². The van der Waals surface area contributed by atoms with Crippen molar-refractivity contribution in [1.82, 2.24) is 15.6 Å². The summed E-state index contributed by atoms with van der Waals surface area (Å²) in [5, 5.41) is 12.5. The number of thioether (sulfide) groups is 2. The van der Waals surface area contributed by atoms with E-state index >= 15 is 0 Å². The molecule has 0 saturated carbocycles. The second-order valence-electron chi connectivity index (χ2n) is 6.36. The van der Waals surface area contributed by atoms with E-state index in [1.165, 1.54) is 34.2 Å². The number of carbonyl (C=O) groups is 1. The van der Waals surface area contributed by atoms with Crippen molar-refractivity contribution in [3.8, 4) is 5.75 Å². The molecular formula is C21H22N4O2S3. The molecule has 0 aliphatic carbocycles. The van der Waals surface area contributed by atoms with Gasteiger partial charge in [-0.2, -0.15) is 5.10 Å². The van der Waals surface area contributed by atoms with Gasteiger partial charge < -0.3 is 4.74 Å². The van der Waals surface area contributed by atoms with E-state index in [4.69, 9.17) is 4.74 Å².